The molecule has 0 aliphatic heterocycles. The molecule has 4 nitrogen and oxygen atoms in total. The summed E-state index contributed by atoms with van der Waals surface area (Å²) in [6, 6.07) is 5.92. The first-order chi connectivity index (χ1) is 9.52. The molecule has 0 saturated carbocycles. The van der Waals surface area contributed by atoms with E-state index >= 15 is 0 Å². The van der Waals surface area contributed by atoms with Crippen molar-refractivity contribution < 1.29 is 4.74 Å². The summed E-state index contributed by atoms with van der Waals surface area (Å²) in [5.41, 5.74) is 9.30. The van der Waals surface area contributed by atoms with E-state index in [1.807, 2.05) is 26.0 Å². The van der Waals surface area contributed by atoms with Crippen molar-refractivity contribution in [3.8, 4) is 5.75 Å². The van der Waals surface area contributed by atoms with Crippen molar-refractivity contribution in [3.05, 3.63) is 39.8 Å². The average molecular weight is 291 g/mol. The van der Waals surface area contributed by atoms with E-state index in [2.05, 4.69) is 28.4 Å². The topological polar surface area (TPSA) is 51.4 Å². The number of nitrogens with zero attached hydrogens (tertiary/aromatic N) is 2. The molecule has 0 amide bonds. The van der Waals surface area contributed by atoms with E-state index in [0.29, 0.717) is 0 Å². The fourth-order valence-corrected chi connectivity index (χ4v) is 2.91. The highest BCUT2D eigenvalue weighted by Gasteiger charge is 2.16. The molecular weight excluding hydrogens is 270 g/mol. The number of nitrogens with two attached hydrogens (primary N) is 1. The van der Waals surface area contributed by atoms with Gasteiger partial charge in [-0.25, -0.2) is 4.98 Å². The lowest BCUT2D eigenvalue weighted by molar-refractivity contribution is 0.407. The summed E-state index contributed by atoms with van der Waals surface area (Å²) < 4.78 is 5.43. The third kappa shape index (κ3) is 3.11. The second kappa shape index (κ2) is 6.24. The molecular formula is C15H21N3OS. The van der Waals surface area contributed by atoms with Crippen LogP contribution in [0.15, 0.2) is 23.6 Å². The van der Waals surface area contributed by atoms with Crippen LogP contribution < -0.4 is 15.4 Å². The van der Waals surface area contributed by atoms with Gasteiger partial charge in [0.15, 0.2) is 0 Å². The first-order valence-electron chi connectivity index (χ1n) is 6.57. The van der Waals surface area contributed by atoms with Crippen LogP contribution in [0.3, 0.4) is 0 Å². The Labute approximate surface area is 124 Å². The second-order valence-electron chi connectivity index (χ2n) is 4.90. The van der Waals surface area contributed by atoms with Gasteiger partial charge in [-0.1, -0.05) is 6.07 Å². The van der Waals surface area contributed by atoms with Crippen LogP contribution in [0.5, 0.6) is 5.75 Å². The van der Waals surface area contributed by atoms with Crippen molar-refractivity contribution in [2.75, 3.05) is 19.1 Å². The maximum absolute atomic E-state index is 6.11. The first-order valence-corrected chi connectivity index (χ1v) is 7.45. The van der Waals surface area contributed by atoms with Crippen molar-refractivity contribution in [2.45, 2.75) is 26.4 Å². The summed E-state index contributed by atoms with van der Waals surface area (Å²) >= 11 is 1.67. The number of rotatable bonds is 5. The van der Waals surface area contributed by atoms with Gasteiger partial charge in [-0.15, -0.1) is 11.3 Å². The van der Waals surface area contributed by atoms with Crippen molar-refractivity contribution in [1.82, 2.24) is 4.98 Å². The number of benzene rings is 1. The number of aromatic nitrogens is 1. The van der Waals surface area contributed by atoms with Gasteiger partial charge in [-0.3, -0.25) is 0 Å². The van der Waals surface area contributed by atoms with Gasteiger partial charge < -0.3 is 15.4 Å². The van der Waals surface area contributed by atoms with Crippen LogP contribution in [0.2, 0.25) is 0 Å². The van der Waals surface area contributed by atoms with E-state index in [0.717, 1.165) is 34.2 Å². The van der Waals surface area contributed by atoms with Crippen LogP contribution in [-0.2, 0) is 6.54 Å². The number of hydrogen-bond donors (Lipinski definition) is 1. The van der Waals surface area contributed by atoms with E-state index < -0.39 is 0 Å². The number of thiazole rings is 1. The molecule has 1 heterocycles. The van der Waals surface area contributed by atoms with E-state index in [1.54, 1.807) is 18.4 Å². The largest absolute Gasteiger partial charge is 0.496 e. The minimum atomic E-state index is -0.0826. The molecule has 0 fully saturated rings. The first kappa shape index (κ1) is 14.8. The van der Waals surface area contributed by atoms with Gasteiger partial charge in [0.25, 0.3) is 0 Å². The number of anilines is 1. The van der Waals surface area contributed by atoms with Gasteiger partial charge in [0.1, 0.15) is 5.75 Å². The molecule has 2 N–H and O–H groups in total. The molecule has 1 aromatic carbocycles. The van der Waals surface area contributed by atoms with Crippen molar-refractivity contribution in [2.24, 2.45) is 5.73 Å². The van der Waals surface area contributed by atoms with Crippen LogP contribution in [0.25, 0.3) is 0 Å². The second-order valence-corrected chi connectivity index (χ2v) is 5.96. The Kier molecular flexibility index (Phi) is 4.62. The lowest BCUT2D eigenvalue weighted by Gasteiger charge is -2.25. The maximum atomic E-state index is 6.11. The highest BCUT2D eigenvalue weighted by Crippen LogP contribution is 2.33. The van der Waals surface area contributed by atoms with E-state index in [-0.39, 0.29) is 6.04 Å². The zero-order valence-corrected chi connectivity index (χ0v) is 13.2. The van der Waals surface area contributed by atoms with Gasteiger partial charge in [-0.05, 0) is 26.0 Å². The molecule has 0 aliphatic rings. The molecule has 1 unspecified atom stereocenters. The number of methoxy groups -OCH3 is 1. The summed E-state index contributed by atoms with van der Waals surface area (Å²) in [7, 11) is 3.73. The minimum absolute atomic E-state index is 0.0826. The van der Waals surface area contributed by atoms with Gasteiger partial charge in [0, 0.05) is 29.7 Å². The monoisotopic (exact) mass is 291 g/mol. The zero-order valence-electron chi connectivity index (χ0n) is 12.4. The molecule has 0 bridgehead atoms. The van der Waals surface area contributed by atoms with Crippen LogP contribution in [0, 0.1) is 6.92 Å². The molecule has 1 aromatic heterocycles. The van der Waals surface area contributed by atoms with E-state index in [9.17, 15) is 0 Å². The molecule has 2 rings (SSSR count). The lowest BCUT2D eigenvalue weighted by atomic mass is 10.0. The highest BCUT2D eigenvalue weighted by atomic mass is 32.1. The maximum Gasteiger partial charge on any atom is 0.125 e. The number of hydrogen-bond acceptors (Lipinski definition) is 5. The molecule has 0 aliphatic carbocycles. The van der Waals surface area contributed by atoms with Crippen LogP contribution >= 0.6 is 11.3 Å². The molecule has 20 heavy (non-hydrogen) atoms. The smallest absolute Gasteiger partial charge is 0.125 e. The van der Waals surface area contributed by atoms with E-state index in [1.165, 1.54) is 0 Å². The molecule has 0 radical (unpaired) electrons. The highest BCUT2D eigenvalue weighted by molar-refractivity contribution is 7.09. The Hall–Kier alpha value is -1.59. The Bertz CT molecular complexity index is 580. The fraction of sp³-hybridized carbons (Fsp3) is 0.400. The molecule has 1 atom stereocenters. The van der Waals surface area contributed by atoms with Gasteiger partial charge in [-0.2, -0.15) is 0 Å². The fourth-order valence-electron chi connectivity index (χ4n) is 2.31. The number of ether oxygens (including phenoxy) is 1. The summed E-state index contributed by atoms with van der Waals surface area (Å²) in [4.78, 5) is 6.67. The normalized spacial score (nSPS) is 12.2. The predicted octanol–water partition coefficient (Wildman–Crippen LogP) is 3.12. The average Bonchev–Trinajstić information content (AvgIpc) is 2.82. The summed E-state index contributed by atoms with van der Waals surface area (Å²) in [5, 5.41) is 3.18. The molecule has 108 valence electrons. The van der Waals surface area contributed by atoms with Gasteiger partial charge >= 0.3 is 0 Å². The lowest BCUT2D eigenvalue weighted by Crippen LogP contribution is -2.21. The Morgan fingerprint density at radius 3 is 2.75 bits per heavy atom. The minimum Gasteiger partial charge on any atom is -0.496 e. The van der Waals surface area contributed by atoms with Gasteiger partial charge in [0.2, 0.25) is 0 Å². The van der Waals surface area contributed by atoms with Crippen LogP contribution in [-0.4, -0.2) is 19.1 Å². The van der Waals surface area contributed by atoms with Crippen molar-refractivity contribution in [1.29, 1.82) is 0 Å². The van der Waals surface area contributed by atoms with E-state index in [4.69, 9.17) is 10.5 Å². The summed E-state index contributed by atoms with van der Waals surface area (Å²) in [6.45, 7) is 4.76. The zero-order chi connectivity index (χ0) is 14.7. The predicted molar refractivity (Wildman–Crippen MR) is 84.6 cm³/mol. The summed E-state index contributed by atoms with van der Waals surface area (Å²) in [5.74, 6) is 0.832. The van der Waals surface area contributed by atoms with Crippen LogP contribution in [0.4, 0.5) is 5.69 Å². The molecule has 2 aromatic rings. The summed E-state index contributed by atoms with van der Waals surface area (Å²) in [6.07, 6.45) is 0. The van der Waals surface area contributed by atoms with Crippen molar-refractivity contribution in [3.63, 3.8) is 0 Å². The molecule has 0 saturated heterocycles. The molecule has 5 heteroatoms. The Morgan fingerprint density at radius 2 is 2.20 bits per heavy atom. The molecule has 0 spiro atoms. The van der Waals surface area contributed by atoms with Crippen LogP contribution in [0.1, 0.15) is 29.2 Å². The SMILES string of the molecule is COc1cccc(N(C)Cc2csc(C)n2)c1C(C)N. The Morgan fingerprint density at radius 1 is 1.45 bits per heavy atom. The van der Waals surface area contributed by atoms with Gasteiger partial charge in [0.05, 0.1) is 24.4 Å². The van der Waals surface area contributed by atoms with Crippen molar-refractivity contribution >= 4 is 17.0 Å². The standard InChI is InChI=1S/C15H21N3OS/c1-10(16)15-13(6-5-7-14(15)19-4)18(3)8-12-9-20-11(2)17-12/h5-7,9-10H,8,16H2,1-4H3. The Balaban J connectivity index is 2.31. The third-order valence-electron chi connectivity index (χ3n) is 3.20. The third-order valence-corrected chi connectivity index (χ3v) is 4.02. The quantitative estimate of drug-likeness (QED) is 0.919. The number of aryl methyl sites for hydroxylation is 1.